The number of hydrogen-bond acceptors (Lipinski definition) is 4. The minimum atomic E-state index is -0.135. The molecule has 0 fully saturated rings. The lowest BCUT2D eigenvalue weighted by atomic mass is 10.1. The maximum absolute atomic E-state index is 12.4. The first-order valence-corrected chi connectivity index (χ1v) is 11.7. The summed E-state index contributed by atoms with van der Waals surface area (Å²) in [6.45, 7) is 4.74. The Morgan fingerprint density at radius 2 is 1.53 bits per heavy atom. The predicted octanol–water partition coefficient (Wildman–Crippen LogP) is 6.16. The molecule has 3 aromatic carbocycles. The molecular formula is C26H28N2O3S. The van der Waals surface area contributed by atoms with E-state index in [0.29, 0.717) is 23.6 Å². The fraction of sp³-hybridized carbons (Fsp3) is 0.231. The number of benzene rings is 3. The van der Waals surface area contributed by atoms with Gasteiger partial charge in [-0.15, -0.1) is 11.8 Å². The molecule has 0 bridgehead atoms. The number of anilines is 2. The largest absolute Gasteiger partial charge is 0.494 e. The lowest BCUT2D eigenvalue weighted by Gasteiger charge is -2.09. The molecule has 2 N–H and O–H groups in total. The Labute approximate surface area is 193 Å². The number of ether oxygens (including phenoxy) is 1. The molecule has 166 valence electrons. The van der Waals surface area contributed by atoms with Crippen LogP contribution in [0.15, 0.2) is 77.7 Å². The number of aryl methyl sites for hydroxylation is 1. The molecule has 5 nitrogen and oxygen atoms in total. The fourth-order valence-electron chi connectivity index (χ4n) is 2.98. The van der Waals surface area contributed by atoms with E-state index in [0.717, 1.165) is 34.7 Å². The number of amides is 2. The topological polar surface area (TPSA) is 67.4 Å². The molecule has 0 aliphatic heterocycles. The Bertz CT molecular complexity index is 1030. The van der Waals surface area contributed by atoms with Gasteiger partial charge in [-0.05, 0) is 73.5 Å². The molecule has 0 radical (unpaired) electrons. The monoisotopic (exact) mass is 448 g/mol. The third kappa shape index (κ3) is 7.17. The SMILES string of the molecule is CCCCOc1ccc(NC(=O)CSc2ccc(NC(=O)c3ccccc3C)cc2)cc1. The highest BCUT2D eigenvalue weighted by atomic mass is 32.2. The lowest BCUT2D eigenvalue weighted by Crippen LogP contribution is -2.14. The zero-order valence-electron chi connectivity index (χ0n) is 18.4. The van der Waals surface area contributed by atoms with E-state index in [1.165, 1.54) is 11.8 Å². The van der Waals surface area contributed by atoms with Crippen LogP contribution in [0.25, 0.3) is 0 Å². The molecule has 3 rings (SSSR count). The van der Waals surface area contributed by atoms with Crippen molar-refractivity contribution >= 4 is 35.0 Å². The molecule has 0 unspecified atom stereocenters. The fourth-order valence-corrected chi connectivity index (χ4v) is 3.67. The third-order valence-corrected chi connectivity index (χ3v) is 5.79. The molecule has 0 heterocycles. The van der Waals surface area contributed by atoms with Crippen LogP contribution >= 0.6 is 11.8 Å². The second-order valence-electron chi connectivity index (χ2n) is 7.36. The van der Waals surface area contributed by atoms with Gasteiger partial charge in [0.15, 0.2) is 0 Å². The summed E-state index contributed by atoms with van der Waals surface area (Å²) in [7, 11) is 0. The number of carbonyl (C=O) groups excluding carboxylic acids is 2. The Balaban J connectivity index is 1.45. The van der Waals surface area contributed by atoms with E-state index in [-0.39, 0.29) is 11.8 Å². The number of thioether (sulfide) groups is 1. The van der Waals surface area contributed by atoms with Crippen LogP contribution in [0.5, 0.6) is 5.75 Å². The van der Waals surface area contributed by atoms with Gasteiger partial charge in [0.2, 0.25) is 5.91 Å². The van der Waals surface area contributed by atoms with E-state index in [1.807, 2.05) is 73.7 Å². The van der Waals surface area contributed by atoms with Gasteiger partial charge in [-0.3, -0.25) is 9.59 Å². The molecule has 0 atom stereocenters. The zero-order chi connectivity index (χ0) is 22.8. The Hall–Kier alpha value is -3.25. The number of nitrogens with one attached hydrogen (secondary N) is 2. The number of rotatable bonds is 10. The second kappa shape index (κ2) is 12.0. The average molecular weight is 449 g/mol. The quantitative estimate of drug-likeness (QED) is 0.288. The highest BCUT2D eigenvalue weighted by molar-refractivity contribution is 8.00. The van der Waals surface area contributed by atoms with Gasteiger partial charge in [-0.1, -0.05) is 31.5 Å². The standard InChI is InChI=1S/C26H28N2O3S/c1-3-4-17-31-22-13-9-20(10-14-22)27-25(29)18-32-23-15-11-21(12-16-23)28-26(30)24-8-6-5-7-19(24)2/h5-16H,3-4,17-18H2,1-2H3,(H,27,29)(H,28,30). The molecule has 0 aliphatic rings. The van der Waals surface area contributed by atoms with Gasteiger partial charge in [-0.25, -0.2) is 0 Å². The third-order valence-electron chi connectivity index (χ3n) is 4.78. The number of hydrogen-bond donors (Lipinski definition) is 2. The highest BCUT2D eigenvalue weighted by Crippen LogP contribution is 2.22. The molecule has 0 aliphatic carbocycles. The molecule has 3 aromatic rings. The average Bonchev–Trinajstić information content (AvgIpc) is 2.80. The van der Waals surface area contributed by atoms with Crippen molar-refractivity contribution in [1.82, 2.24) is 0 Å². The van der Waals surface area contributed by atoms with Crippen molar-refractivity contribution in [2.75, 3.05) is 23.0 Å². The molecular weight excluding hydrogens is 420 g/mol. The van der Waals surface area contributed by atoms with Crippen molar-refractivity contribution in [3.8, 4) is 5.75 Å². The summed E-state index contributed by atoms with van der Waals surface area (Å²) in [5.74, 6) is 0.889. The minimum Gasteiger partial charge on any atom is -0.494 e. The van der Waals surface area contributed by atoms with Crippen molar-refractivity contribution in [1.29, 1.82) is 0 Å². The van der Waals surface area contributed by atoms with Gasteiger partial charge in [-0.2, -0.15) is 0 Å². The van der Waals surface area contributed by atoms with E-state index in [1.54, 1.807) is 6.07 Å². The van der Waals surface area contributed by atoms with E-state index >= 15 is 0 Å². The van der Waals surface area contributed by atoms with E-state index < -0.39 is 0 Å². The molecule has 0 spiro atoms. The van der Waals surface area contributed by atoms with E-state index in [4.69, 9.17) is 4.74 Å². The van der Waals surface area contributed by atoms with E-state index in [9.17, 15) is 9.59 Å². The highest BCUT2D eigenvalue weighted by Gasteiger charge is 2.09. The normalized spacial score (nSPS) is 10.4. The van der Waals surface area contributed by atoms with Gasteiger partial charge in [0.05, 0.1) is 12.4 Å². The van der Waals surface area contributed by atoms with Crippen molar-refractivity contribution < 1.29 is 14.3 Å². The second-order valence-corrected chi connectivity index (χ2v) is 8.41. The summed E-state index contributed by atoms with van der Waals surface area (Å²) in [4.78, 5) is 25.6. The maximum Gasteiger partial charge on any atom is 0.255 e. The Morgan fingerprint density at radius 1 is 0.875 bits per heavy atom. The number of carbonyl (C=O) groups is 2. The van der Waals surface area contributed by atoms with Gasteiger partial charge in [0, 0.05) is 21.8 Å². The maximum atomic E-state index is 12.4. The van der Waals surface area contributed by atoms with Crippen LogP contribution in [0.2, 0.25) is 0 Å². The van der Waals surface area contributed by atoms with Crippen LogP contribution in [-0.4, -0.2) is 24.2 Å². The summed E-state index contributed by atoms with van der Waals surface area (Å²) < 4.78 is 5.63. The van der Waals surface area contributed by atoms with Crippen molar-refractivity contribution in [2.45, 2.75) is 31.6 Å². The molecule has 0 aromatic heterocycles. The van der Waals surface area contributed by atoms with Crippen LogP contribution in [-0.2, 0) is 4.79 Å². The summed E-state index contributed by atoms with van der Waals surface area (Å²) in [5, 5.41) is 5.80. The van der Waals surface area contributed by atoms with Gasteiger partial charge >= 0.3 is 0 Å². The molecule has 0 saturated carbocycles. The van der Waals surface area contributed by atoms with Gasteiger partial charge < -0.3 is 15.4 Å². The zero-order valence-corrected chi connectivity index (χ0v) is 19.2. The smallest absolute Gasteiger partial charge is 0.255 e. The minimum absolute atomic E-state index is 0.0772. The molecule has 6 heteroatoms. The van der Waals surface area contributed by atoms with Gasteiger partial charge in [0.25, 0.3) is 5.91 Å². The van der Waals surface area contributed by atoms with Crippen molar-refractivity contribution in [3.05, 3.63) is 83.9 Å². The predicted molar refractivity (Wildman–Crippen MR) is 132 cm³/mol. The number of unbranched alkanes of at least 4 members (excludes halogenated alkanes) is 1. The van der Waals surface area contributed by atoms with Crippen LogP contribution in [0.1, 0.15) is 35.7 Å². The van der Waals surface area contributed by atoms with Crippen LogP contribution in [0.4, 0.5) is 11.4 Å². The van der Waals surface area contributed by atoms with E-state index in [2.05, 4.69) is 17.6 Å². The lowest BCUT2D eigenvalue weighted by molar-refractivity contribution is -0.113. The first-order valence-electron chi connectivity index (χ1n) is 10.7. The Kier molecular flexibility index (Phi) is 8.75. The summed E-state index contributed by atoms with van der Waals surface area (Å²) >= 11 is 1.44. The summed E-state index contributed by atoms with van der Waals surface area (Å²) in [6.07, 6.45) is 2.12. The summed E-state index contributed by atoms with van der Waals surface area (Å²) in [5.41, 5.74) is 3.05. The Morgan fingerprint density at radius 3 is 2.22 bits per heavy atom. The first-order chi connectivity index (χ1) is 15.5. The van der Waals surface area contributed by atoms with Crippen LogP contribution in [0.3, 0.4) is 0 Å². The van der Waals surface area contributed by atoms with Crippen molar-refractivity contribution in [3.63, 3.8) is 0 Å². The molecule has 32 heavy (non-hydrogen) atoms. The van der Waals surface area contributed by atoms with Crippen LogP contribution in [0, 0.1) is 6.92 Å². The molecule has 2 amide bonds. The van der Waals surface area contributed by atoms with Crippen molar-refractivity contribution in [2.24, 2.45) is 0 Å². The van der Waals surface area contributed by atoms with Gasteiger partial charge in [0.1, 0.15) is 5.75 Å². The molecule has 0 saturated heterocycles. The van der Waals surface area contributed by atoms with Crippen LogP contribution < -0.4 is 15.4 Å². The first kappa shape index (κ1) is 23.4. The summed E-state index contributed by atoms with van der Waals surface area (Å²) in [6, 6.07) is 22.4.